The van der Waals surface area contributed by atoms with Gasteiger partial charge in [0.25, 0.3) is 0 Å². The molecule has 0 radical (unpaired) electrons. The predicted octanol–water partition coefficient (Wildman–Crippen LogP) is 1.19. The highest BCUT2D eigenvalue weighted by Gasteiger charge is 2.33. The zero-order valence-corrected chi connectivity index (χ0v) is 17.1. The largest absolute Gasteiger partial charge is 0.396 e. The highest BCUT2D eigenvalue weighted by molar-refractivity contribution is 14.0. The molecule has 0 amide bonds. The van der Waals surface area contributed by atoms with Crippen molar-refractivity contribution < 1.29 is 9.84 Å². The Labute approximate surface area is 162 Å². The lowest BCUT2D eigenvalue weighted by molar-refractivity contribution is -0.0132. The molecule has 0 atom stereocenters. The fraction of sp³-hybridized carbons (Fsp3) is 0.941. The molecule has 7 heteroatoms. The molecular weight excluding hydrogens is 419 g/mol. The zero-order chi connectivity index (χ0) is 16.1. The van der Waals surface area contributed by atoms with Crippen molar-refractivity contribution in [1.82, 2.24) is 15.5 Å². The van der Waals surface area contributed by atoms with E-state index in [0.717, 1.165) is 44.6 Å². The fourth-order valence-corrected chi connectivity index (χ4v) is 3.70. The Kier molecular flexibility index (Phi) is 8.03. The van der Waals surface area contributed by atoms with E-state index in [1.54, 1.807) is 0 Å². The first-order chi connectivity index (χ1) is 11.2. The Balaban J connectivity index is 0.00000208. The van der Waals surface area contributed by atoms with E-state index in [-0.39, 0.29) is 36.0 Å². The number of aliphatic imine (C=N–C) groups is 1. The molecule has 2 heterocycles. The highest BCUT2D eigenvalue weighted by atomic mass is 127. The number of piperidine rings is 1. The maximum absolute atomic E-state index is 9.77. The molecule has 2 aliphatic heterocycles. The number of rotatable bonds is 5. The van der Waals surface area contributed by atoms with Gasteiger partial charge in [-0.2, -0.15) is 0 Å². The quantitative estimate of drug-likeness (QED) is 0.332. The van der Waals surface area contributed by atoms with Crippen molar-refractivity contribution in [1.29, 1.82) is 0 Å². The first-order valence-corrected chi connectivity index (χ1v) is 9.14. The van der Waals surface area contributed by atoms with Gasteiger partial charge in [0.1, 0.15) is 0 Å². The lowest BCUT2D eigenvalue weighted by Crippen LogP contribution is -2.52. The van der Waals surface area contributed by atoms with E-state index in [2.05, 4.69) is 20.5 Å². The van der Waals surface area contributed by atoms with Crippen molar-refractivity contribution in [2.75, 3.05) is 46.5 Å². The number of halogens is 1. The molecule has 3 aliphatic rings. The first kappa shape index (κ1) is 20.2. The maximum atomic E-state index is 9.77. The van der Waals surface area contributed by atoms with Crippen LogP contribution >= 0.6 is 24.0 Å². The third-order valence-electron chi connectivity index (χ3n) is 5.68. The molecule has 1 aliphatic carbocycles. The van der Waals surface area contributed by atoms with E-state index in [9.17, 15) is 5.11 Å². The standard InChI is InChI=1S/C17H32N4O2.HI/c1-18-16(19-12-17(13-22)6-10-23-11-7-17)20-14-4-8-21(9-5-14)15-2-3-15;/h14-15,22H,2-13H2,1H3,(H2,18,19,20);1H. The molecule has 3 N–H and O–H groups in total. The smallest absolute Gasteiger partial charge is 0.191 e. The summed E-state index contributed by atoms with van der Waals surface area (Å²) >= 11 is 0. The average molecular weight is 452 g/mol. The third kappa shape index (κ3) is 5.44. The van der Waals surface area contributed by atoms with Crippen LogP contribution in [0, 0.1) is 5.41 Å². The molecule has 3 rings (SSSR count). The van der Waals surface area contributed by atoms with Crippen LogP contribution < -0.4 is 10.6 Å². The minimum Gasteiger partial charge on any atom is -0.396 e. The van der Waals surface area contributed by atoms with Gasteiger partial charge >= 0.3 is 0 Å². The van der Waals surface area contributed by atoms with Gasteiger partial charge in [-0.05, 0) is 38.5 Å². The van der Waals surface area contributed by atoms with Crippen LogP contribution in [0.25, 0.3) is 0 Å². The number of nitrogens with one attached hydrogen (secondary N) is 2. The second-order valence-electron chi connectivity index (χ2n) is 7.38. The fourth-order valence-electron chi connectivity index (χ4n) is 3.70. The van der Waals surface area contributed by atoms with Crippen LogP contribution in [-0.4, -0.2) is 74.6 Å². The Morgan fingerprint density at radius 1 is 1.21 bits per heavy atom. The van der Waals surface area contributed by atoms with Crippen LogP contribution in [0.15, 0.2) is 4.99 Å². The Bertz CT molecular complexity index is 403. The second-order valence-corrected chi connectivity index (χ2v) is 7.38. The van der Waals surface area contributed by atoms with E-state index in [1.165, 1.54) is 38.8 Å². The van der Waals surface area contributed by atoms with Crippen LogP contribution in [0.3, 0.4) is 0 Å². The SMILES string of the molecule is CN=C(NCC1(CO)CCOCC1)NC1CCN(C2CC2)CC1.I. The summed E-state index contributed by atoms with van der Waals surface area (Å²) in [6.45, 7) is 4.86. The lowest BCUT2D eigenvalue weighted by atomic mass is 9.81. The van der Waals surface area contributed by atoms with Crippen molar-refractivity contribution in [3.05, 3.63) is 0 Å². The van der Waals surface area contributed by atoms with Gasteiger partial charge in [-0.15, -0.1) is 24.0 Å². The molecule has 24 heavy (non-hydrogen) atoms. The Morgan fingerprint density at radius 2 is 1.88 bits per heavy atom. The molecule has 3 fully saturated rings. The number of hydrogen-bond donors (Lipinski definition) is 3. The summed E-state index contributed by atoms with van der Waals surface area (Å²) < 4.78 is 5.43. The van der Waals surface area contributed by atoms with Crippen LogP contribution in [0.1, 0.15) is 38.5 Å². The summed E-state index contributed by atoms with van der Waals surface area (Å²) in [5.41, 5.74) is -0.0643. The summed E-state index contributed by atoms with van der Waals surface area (Å²) in [7, 11) is 1.82. The number of guanidine groups is 1. The summed E-state index contributed by atoms with van der Waals surface area (Å²) in [4.78, 5) is 7.00. The molecule has 0 aromatic carbocycles. The van der Waals surface area contributed by atoms with Gasteiger partial charge in [0.05, 0.1) is 6.61 Å². The van der Waals surface area contributed by atoms with Gasteiger partial charge in [0.15, 0.2) is 5.96 Å². The lowest BCUT2D eigenvalue weighted by Gasteiger charge is -2.37. The van der Waals surface area contributed by atoms with Crippen molar-refractivity contribution in [2.45, 2.75) is 50.6 Å². The number of aliphatic hydroxyl groups excluding tert-OH is 1. The summed E-state index contributed by atoms with van der Waals surface area (Å²) in [5, 5.41) is 16.8. The number of likely N-dealkylation sites (tertiary alicyclic amines) is 1. The van der Waals surface area contributed by atoms with Gasteiger partial charge < -0.3 is 25.4 Å². The Morgan fingerprint density at radius 3 is 2.42 bits per heavy atom. The van der Waals surface area contributed by atoms with Gasteiger partial charge in [-0.25, -0.2) is 0 Å². The maximum Gasteiger partial charge on any atom is 0.191 e. The van der Waals surface area contributed by atoms with Crippen molar-refractivity contribution in [3.8, 4) is 0 Å². The normalized spacial score (nSPS) is 25.8. The van der Waals surface area contributed by atoms with Crippen LogP contribution in [0.4, 0.5) is 0 Å². The minimum atomic E-state index is -0.0643. The molecule has 0 unspecified atom stereocenters. The minimum absolute atomic E-state index is 0. The van der Waals surface area contributed by atoms with E-state index < -0.39 is 0 Å². The van der Waals surface area contributed by atoms with Gasteiger partial charge in [-0.1, -0.05) is 0 Å². The van der Waals surface area contributed by atoms with Crippen molar-refractivity contribution in [3.63, 3.8) is 0 Å². The molecular formula is C17H33IN4O2. The third-order valence-corrected chi connectivity index (χ3v) is 5.68. The summed E-state index contributed by atoms with van der Waals surface area (Å²) in [6.07, 6.45) is 7.00. The topological polar surface area (TPSA) is 69.1 Å². The second kappa shape index (κ2) is 9.54. The van der Waals surface area contributed by atoms with Gasteiger partial charge in [-0.3, -0.25) is 4.99 Å². The van der Waals surface area contributed by atoms with Crippen LogP contribution in [0.5, 0.6) is 0 Å². The van der Waals surface area contributed by atoms with E-state index in [4.69, 9.17) is 4.74 Å². The molecule has 0 bridgehead atoms. The molecule has 0 aromatic rings. The van der Waals surface area contributed by atoms with Crippen LogP contribution in [0.2, 0.25) is 0 Å². The Hall–Kier alpha value is -0.120. The monoisotopic (exact) mass is 452 g/mol. The molecule has 1 saturated carbocycles. The number of aliphatic hydroxyl groups is 1. The van der Waals surface area contributed by atoms with E-state index >= 15 is 0 Å². The zero-order valence-electron chi connectivity index (χ0n) is 14.8. The van der Waals surface area contributed by atoms with Crippen LogP contribution in [-0.2, 0) is 4.74 Å². The van der Waals surface area contributed by atoms with E-state index in [0.29, 0.717) is 6.04 Å². The number of ether oxygens (including phenoxy) is 1. The highest BCUT2D eigenvalue weighted by Crippen LogP contribution is 2.30. The van der Waals surface area contributed by atoms with Crippen molar-refractivity contribution >= 4 is 29.9 Å². The average Bonchev–Trinajstić information content (AvgIpc) is 3.45. The van der Waals surface area contributed by atoms with E-state index in [1.807, 2.05) is 7.05 Å². The molecule has 0 aromatic heterocycles. The summed E-state index contributed by atoms with van der Waals surface area (Å²) in [5.74, 6) is 0.870. The van der Waals surface area contributed by atoms with Gasteiger partial charge in [0, 0.05) is 57.4 Å². The first-order valence-electron chi connectivity index (χ1n) is 9.14. The van der Waals surface area contributed by atoms with Crippen molar-refractivity contribution in [2.24, 2.45) is 10.4 Å². The van der Waals surface area contributed by atoms with Gasteiger partial charge in [0.2, 0.25) is 0 Å². The number of nitrogens with zero attached hydrogens (tertiary/aromatic N) is 2. The number of hydrogen-bond acceptors (Lipinski definition) is 4. The predicted molar refractivity (Wildman–Crippen MR) is 107 cm³/mol. The summed E-state index contributed by atoms with van der Waals surface area (Å²) in [6, 6.07) is 1.39. The molecule has 140 valence electrons. The molecule has 6 nitrogen and oxygen atoms in total. The molecule has 0 spiro atoms. The molecule has 2 saturated heterocycles.